The molecule has 122 valence electrons. The van der Waals surface area contributed by atoms with E-state index in [-0.39, 0.29) is 5.41 Å². The molecule has 1 saturated carbocycles. The van der Waals surface area contributed by atoms with Crippen molar-refractivity contribution in [3.63, 3.8) is 0 Å². The molecule has 1 saturated heterocycles. The lowest BCUT2D eigenvalue weighted by Crippen LogP contribution is -2.18. The molecule has 2 fully saturated rings. The molecule has 1 aromatic heterocycles. The zero-order chi connectivity index (χ0) is 16.1. The summed E-state index contributed by atoms with van der Waals surface area (Å²) in [5.41, 5.74) is 3.03. The summed E-state index contributed by atoms with van der Waals surface area (Å²) in [6.45, 7) is 8.48. The van der Waals surface area contributed by atoms with Crippen LogP contribution in [-0.2, 0) is 10.2 Å². The lowest BCUT2D eigenvalue weighted by molar-refractivity contribution is 0.0554. The normalized spacial score (nSPS) is 23.2. The second-order valence-corrected chi connectivity index (χ2v) is 8.10. The van der Waals surface area contributed by atoms with Crippen LogP contribution in [0, 0.1) is 5.41 Å². The van der Waals surface area contributed by atoms with Crippen LogP contribution in [0.4, 0.5) is 0 Å². The first-order valence-electron chi connectivity index (χ1n) is 8.59. The van der Waals surface area contributed by atoms with Crippen molar-refractivity contribution in [2.24, 2.45) is 5.41 Å². The first-order valence-corrected chi connectivity index (χ1v) is 8.59. The molecule has 1 aliphatic heterocycles. The van der Waals surface area contributed by atoms with Gasteiger partial charge < -0.3 is 4.74 Å². The predicted molar refractivity (Wildman–Crippen MR) is 90.4 cm³/mol. The molecule has 2 aromatic rings. The molecule has 0 bridgehead atoms. The van der Waals surface area contributed by atoms with E-state index in [0.717, 1.165) is 43.3 Å². The lowest BCUT2D eigenvalue weighted by atomic mass is 9.87. The van der Waals surface area contributed by atoms with Gasteiger partial charge in [0, 0.05) is 24.7 Å². The molecule has 1 atom stereocenters. The van der Waals surface area contributed by atoms with E-state index in [1.54, 1.807) is 0 Å². The first-order chi connectivity index (χ1) is 11.0. The number of hydrogen-bond donors (Lipinski definition) is 1. The van der Waals surface area contributed by atoms with Gasteiger partial charge >= 0.3 is 0 Å². The number of hydrogen-bond acceptors (Lipinski definition) is 3. The lowest BCUT2D eigenvalue weighted by Gasteiger charge is -2.22. The van der Waals surface area contributed by atoms with Crippen LogP contribution in [0.1, 0.15) is 57.3 Å². The summed E-state index contributed by atoms with van der Waals surface area (Å²) in [6, 6.07) is 8.63. The van der Waals surface area contributed by atoms with E-state index < -0.39 is 0 Å². The largest absolute Gasteiger partial charge is 0.381 e. The van der Waals surface area contributed by atoms with Crippen LogP contribution in [0.2, 0.25) is 0 Å². The molecule has 1 aliphatic carbocycles. The van der Waals surface area contributed by atoms with Crippen LogP contribution in [0.25, 0.3) is 11.4 Å². The molecule has 4 rings (SSSR count). The molecule has 0 radical (unpaired) electrons. The van der Waals surface area contributed by atoms with E-state index >= 15 is 0 Å². The maximum atomic E-state index is 5.50. The highest BCUT2D eigenvalue weighted by Gasteiger charge is 2.56. The third-order valence-electron chi connectivity index (χ3n) is 5.52. The Hall–Kier alpha value is -1.68. The minimum Gasteiger partial charge on any atom is -0.381 e. The zero-order valence-electron chi connectivity index (χ0n) is 14.2. The van der Waals surface area contributed by atoms with E-state index in [2.05, 4.69) is 55.2 Å². The Morgan fingerprint density at radius 3 is 2.48 bits per heavy atom. The Bertz CT molecular complexity index is 690. The van der Waals surface area contributed by atoms with E-state index in [1.807, 2.05) is 0 Å². The Balaban J connectivity index is 1.52. The van der Waals surface area contributed by atoms with Crippen molar-refractivity contribution in [1.82, 2.24) is 15.2 Å². The fraction of sp³-hybridized carbons (Fsp3) is 0.579. The highest BCUT2D eigenvalue weighted by molar-refractivity contribution is 5.55. The molecule has 1 unspecified atom stereocenters. The minimum absolute atomic E-state index is 0.173. The van der Waals surface area contributed by atoms with Gasteiger partial charge in [0.1, 0.15) is 5.82 Å². The van der Waals surface area contributed by atoms with Gasteiger partial charge in [-0.15, -0.1) is 0 Å². The average molecular weight is 311 g/mol. The van der Waals surface area contributed by atoms with Crippen molar-refractivity contribution < 1.29 is 4.74 Å². The van der Waals surface area contributed by atoms with E-state index in [4.69, 9.17) is 9.72 Å². The molecule has 4 nitrogen and oxygen atoms in total. The summed E-state index contributed by atoms with van der Waals surface area (Å²) >= 11 is 0. The fourth-order valence-corrected chi connectivity index (χ4v) is 3.74. The van der Waals surface area contributed by atoms with Gasteiger partial charge in [-0.1, -0.05) is 45.0 Å². The maximum absolute atomic E-state index is 5.50. The number of benzene rings is 1. The van der Waals surface area contributed by atoms with Crippen LogP contribution in [0.15, 0.2) is 24.3 Å². The molecule has 2 aliphatic rings. The summed E-state index contributed by atoms with van der Waals surface area (Å²) in [5, 5.41) is 7.63. The molecule has 0 amide bonds. The van der Waals surface area contributed by atoms with Gasteiger partial charge in [0.25, 0.3) is 0 Å². The molecule has 1 spiro atoms. The van der Waals surface area contributed by atoms with Crippen molar-refractivity contribution in [2.75, 3.05) is 13.2 Å². The van der Waals surface area contributed by atoms with Gasteiger partial charge in [0.05, 0.1) is 0 Å². The highest BCUT2D eigenvalue weighted by Crippen LogP contribution is 2.64. The highest BCUT2D eigenvalue weighted by atomic mass is 16.5. The zero-order valence-corrected chi connectivity index (χ0v) is 14.2. The smallest absolute Gasteiger partial charge is 0.181 e. The fourth-order valence-electron chi connectivity index (χ4n) is 3.74. The average Bonchev–Trinajstić information content (AvgIpc) is 3.01. The van der Waals surface area contributed by atoms with E-state index in [1.165, 1.54) is 12.0 Å². The molecule has 1 N–H and O–H groups in total. The van der Waals surface area contributed by atoms with Crippen LogP contribution in [-0.4, -0.2) is 28.4 Å². The Labute approximate surface area is 137 Å². The number of aromatic amines is 1. The SMILES string of the molecule is CC(C)(C)c1ccc(-c2n[nH]c(C3CC34CCOCC4)n2)cc1. The standard InChI is InChI=1S/C19H25N3O/c1-18(2,3)14-6-4-13(5-7-14)16-20-17(22-21-16)15-12-19(15)8-10-23-11-9-19/h4-7,15H,8-12H2,1-3H3,(H,20,21,22). The summed E-state index contributed by atoms with van der Waals surface area (Å²) in [6.07, 6.45) is 3.55. The second-order valence-electron chi connectivity index (χ2n) is 8.10. The Kier molecular flexibility index (Phi) is 3.34. The van der Waals surface area contributed by atoms with Gasteiger partial charge in [-0.3, -0.25) is 5.10 Å². The third kappa shape index (κ3) is 2.69. The summed E-state index contributed by atoms with van der Waals surface area (Å²) < 4.78 is 5.50. The van der Waals surface area contributed by atoms with Gasteiger partial charge in [-0.05, 0) is 35.7 Å². The number of ether oxygens (including phenoxy) is 1. The Morgan fingerprint density at radius 2 is 1.83 bits per heavy atom. The third-order valence-corrected chi connectivity index (χ3v) is 5.52. The summed E-state index contributed by atoms with van der Waals surface area (Å²) in [4.78, 5) is 4.78. The van der Waals surface area contributed by atoms with Crippen LogP contribution < -0.4 is 0 Å². The minimum atomic E-state index is 0.173. The van der Waals surface area contributed by atoms with E-state index in [0.29, 0.717) is 11.3 Å². The Morgan fingerprint density at radius 1 is 1.13 bits per heavy atom. The number of rotatable bonds is 2. The number of aromatic nitrogens is 3. The quantitative estimate of drug-likeness (QED) is 0.910. The second kappa shape index (κ2) is 5.17. The first kappa shape index (κ1) is 14.9. The van der Waals surface area contributed by atoms with Crippen molar-refractivity contribution >= 4 is 0 Å². The van der Waals surface area contributed by atoms with Crippen LogP contribution >= 0.6 is 0 Å². The molecular weight excluding hydrogens is 286 g/mol. The van der Waals surface area contributed by atoms with Crippen LogP contribution in [0.3, 0.4) is 0 Å². The maximum Gasteiger partial charge on any atom is 0.181 e. The predicted octanol–water partition coefficient (Wildman–Crippen LogP) is 4.05. The van der Waals surface area contributed by atoms with Crippen molar-refractivity contribution in [2.45, 2.75) is 51.4 Å². The van der Waals surface area contributed by atoms with E-state index in [9.17, 15) is 0 Å². The van der Waals surface area contributed by atoms with Gasteiger partial charge in [-0.2, -0.15) is 5.10 Å². The van der Waals surface area contributed by atoms with Crippen LogP contribution in [0.5, 0.6) is 0 Å². The number of H-pyrrole nitrogens is 1. The van der Waals surface area contributed by atoms with Crippen molar-refractivity contribution in [3.8, 4) is 11.4 Å². The van der Waals surface area contributed by atoms with Gasteiger partial charge in [0.15, 0.2) is 5.82 Å². The number of nitrogens with zero attached hydrogens (tertiary/aromatic N) is 2. The molecule has 1 aromatic carbocycles. The molecule has 4 heteroatoms. The number of nitrogens with one attached hydrogen (secondary N) is 1. The summed E-state index contributed by atoms with van der Waals surface area (Å²) in [7, 11) is 0. The molecular formula is C19H25N3O. The molecule has 2 heterocycles. The topological polar surface area (TPSA) is 50.8 Å². The van der Waals surface area contributed by atoms with Gasteiger partial charge in [-0.25, -0.2) is 4.98 Å². The van der Waals surface area contributed by atoms with Gasteiger partial charge in [0.2, 0.25) is 0 Å². The molecule has 23 heavy (non-hydrogen) atoms. The van der Waals surface area contributed by atoms with Crippen molar-refractivity contribution in [3.05, 3.63) is 35.7 Å². The monoisotopic (exact) mass is 311 g/mol. The summed E-state index contributed by atoms with van der Waals surface area (Å²) in [5.74, 6) is 2.41. The van der Waals surface area contributed by atoms with Crippen molar-refractivity contribution in [1.29, 1.82) is 0 Å².